The van der Waals surface area contributed by atoms with Crippen molar-refractivity contribution in [2.24, 2.45) is 5.73 Å². The van der Waals surface area contributed by atoms with Gasteiger partial charge in [-0.15, -0.1) is 0 Å². The zero-order valence-corrected chi connectivity index (χ0v) is 6.39. The maximum absolute atomic E-state index is 10.4. The van der Waals surface area contributed by atoms with Crippen LogP contribution in [0.3, 0.4) is 0 Å². The van der Waals surface area contributed by atoms with Crippen LogP contribution in [0.2, 0.25) is 0 Å². The van der Waals surface area contributed by atoms with Crippen LogP contribution < -0.4 is 5.73 Å². The Morgan fingerprint density at radius 2 is 2.30 bits per heavy atom. The molecule has 10 heavy (non-hydrogen) atoms. The van der Waals surface area contributed by atoms with Crippen LogP contribution in [-0.2, 0) is 9.53 Å². The van der Waals surface area contributed by atoms with Crippen molar-refractivity contribution in [1.82, 2.24) is 0 Å². The fourth-order valence-electron chi connectivity index (χ4n) is 0.494. The molecule has 0 aliphatic heterocycles. The van der Waals surface area contributed by atoms with Gasteiger partial charge >= 0.3 is 0 Å². The van der Waals surface area contributed by atoms with Gasteiger partial charge in [-0.1, -0.05) is 6.08 Å². The average molecular weight is 143 g/mol. The zero-order chi connectivity index (χ0) is 7.98. The smallest absolute Gasteiger partial charge is 0.244 e. The predicted octanol–water partition coefficient (Wildman–Crippen LogP) is 0.455. The van der Waals surface area contributed by atoms with E-state index in [1.807, 2.05) is 0 Å². The van der Waals surface area contributed by atoms with Crippen molar-refractivity contribution in [1.29, 1.82) is 0 Å². The highest BCUT2D eigenvalue weighted by Crippen LogP contribution is 1.93. The van der Waals surface area contributed by atoms with E-state index in [0.29, 0.717) is 12.2 Å². The maximum Gasteiger partial charge on any atom is 0.244 e. The molecular weight excluding hydrogens is 130 g/mol. The molecule has 0 fully saturated rings. The Bertz CT molecular complexity index is 141. The first kappa shape index (κ1) is 9.17. The minimum absolute atomic E-state index is 0.365. The van der Waals surface area contributed by atoms with Gasteiger partial charge in [-0.2, -0.15) is 0 Å². The van der Waals surface area contributed by atoms with Gasteiger partial charge in [0.05, 0.1) is 0 Å². The van der Waals surface area contributed by atoms with Crippen molar-refractivity contribution >= 4 is 5.91 Å². The number of nitrogens with two attached hydrogens (primary N) is 1. The van der Waals surface area contributed by atoms with Gasteiger partial charge in [-0.05, 0) is 13.3 Å². The van der Waals surface area contributed by atoms with E-state index in [2.05, 4.69) is 0 Å². The molecule has 3 heteroatoms. The fourth-order valence-corrected chi connectivity index (χ4v) is 0.494. The van der Waals surface area contributed by atoms with Gasteiger partial charge in [0, 0.05) is 19.3 Å². The predicted molar refractivity (Wildman–Crippen MR) is 39.4 cm³/mol. The molecule has 0 spiro atoms. The van der Waals surface area contributed by atoms with Crippen LogP contribution in [0.1, 0.15) is 13.3 Å². The molecule has 0 rings (SSSR count). The summed E-state index contributed by atoms with van der Waals surface area (Å²) in [6.07, 6.45) is 2.51. The van der Waals surface area contributed by atoms with Gasteiger partial charge in [-0.25, -0.2) is 0 Å². The first-order valence-corrected chi connectivity index (χ1v) is 3.14. The molecule has 0 radical (unpaired) electrons. The number of carbonyl (C=O) groups excluding carboxylic acids is 1. The summed E-state index contributed by atoms with van der Waals surface area (Å²) in [4.78, 5) is 10.4. The molecule has 0 aromatic rings. The van der Waals surface area contributed by atoms with E-state index in [0.717, 1.165) is 6.42 Å². The third kappa shape index (κ3) is 4.09. The van der Waals surface area contributed by atoms with E-state index in [1.54, 1.807) is 20.1 Å². The van der Waals surface area contributed by atoms with Crippen molar-refractivity contribution in [2.75, 3.05) is 13.7 Å². The third-order valence-electron chi connectivity index (χ3n) is 1.16. The number of hydrogen-bond donors (Lipinski definition) is 1. The summed E-state index contributed by atoms with van der Waals surface area (Å²) < 4.78 is 4.78. The molecule has 0 saturated heterocycles. The van der Waals surface area contributed by atoms with Gasteiger partial charge in [-0.3, -0.25) is 4.79 Å². The van der Waals surface area contributed by atoms with Crippen molar-refractivity contribution in [3.05, 3.63) is 11.6 Å². The lowest BCUT2D eigenvalue weighted by atomic mass is 10.2. The van der Waals surface area contributed by atoms with E-state index < -0.39 is 0 Å². The SMILES string of the molecule is COCC/C=C(\C)C(N)=O. The highest BCUT2D eigenvalue weighted by Gasteiger charge is 1.93. The molecule has 0 unspecified atom stereocenters. The summed E-state index contributed by atoms with van der Waals surface area (Å²) in [6, 6.07) is 0. The molecule has 0 aliphatic rings. The molecule has 0 heterocycles. The first-order chi connectivity index (χ1) is 4.68. The quantitative estimate of drug-likeness (QED) is 0.459. The minimum Gasteiger partial charge on any atom is -0.384 e. The summed E-state index contributed by atoms with van der Waals surface area (Å²) >= 11 is 0. The molecule has 2 N–H and O–H groups in total. The van der Waals surface area contributed by atoms with Crippen LogP contribution in [0.25, 0.3) is 0 Å². The van der Waals surface area contributed by atoms with Gasteiger partial charge in [0.15, 0.2) is 0 Å². The van der Waals surface area contributed by atoms with Crippen LogP contribution in [0.15, 0.2) is 11.6 Å². The number of carbonyl (C=O) groups is 1. The summed E-state index contributed by atoms with van der Waals surface area (Å²) in [5.41, 5.74) is 5.56. The maximum atomic E-state index is 10.4. The lowest BCUT2D eigenvalue weighted by Crippen LogP contribution is -2.11. The van der Waals surface area contributed by atoms with Gasteiger partial charge in [0.1, 0.15) is 0 Å². The Kier molecular flexibility index (Phi) is 4.58. The van der Waals surface area contributed by atoms with E-state index in [-0.39, 0.29) is 5.91 Å². The van der Waals surface area contributed by atoms with Gasteiger partial charge < -0.3 is 10.5 Å². The Labute approximate surface area is 60.9 Å². The average Bonchev–Trinajstić information content (AvgIpc) is 1.88. The minimum atomic E-state index is -0.365. The molecule has 0 aliphatic carbocycles. The van der Waals surface area contributed by atoms with Gasteiger partial charge in [0.25, 0.3) is 0 Å². The van der Waals surface area contributed by atoms with E-state index in [1.165, 1.54) is 0 Å². The standard InChI is InChI=1S/C7H13NO2/c1-6(7(8)9)4-3-5-10-2/h4H,3,5H2,1-2H3,(H2,8,9)/b6-4+. The van der Waals surface area contributed by atoms with E-state index >= 15 is 0 Å². The number of hydrogen-bond acceptors (Lipinski definition) is 2. The summed E-state index contributed by atoms with van der Waals surface area (Å²) in [6.45, 7) is 2.32. The van der Waals surface area contributed by atoms with Crippen molar-refractivity contribution in [2.45, 2.75) is 13.3 Å². The Morgan fingerprint density at radius 3 is 2.70 bits per heavy atom. The first-order valence-electron chi connectivity index (χ1n) is 3.14. The summed E-state index contributed by atoms with van der Waals surface area (Å²) in [5, 5.41) is 0. The molecule has 0 saturated carbocycles. The number of primary amides is 1. The fraction of sp³-hybridized carbons (Fsp3) is 0.571. The van der Waals surface area contributed by atoms with Crippen molar-refractivity contribution in [3.63, 3.8) is 0 Å². The van der Waals surface area contributed by atoms with Crippen LogP contribution >= 0.6 is 0 Å². The molecule has 0 bridgehead atoms. The highest BCUT2D eigenvalue weighted by atomic mass is 16.5. The lowest BCUT2D eigenvalue weighted by Gasteiger charge is -1.94. The molecule has 0 atom stereocenters. The molecule has 0 aromatic heterocycles. The van der Waals surface area contributed by atoms with E-state index in [9.17, 15) is 4.79 Å². The zero-order valence-electron chi connectivity index (χ0n) is 6.39. The largest absolute Gasteiger partial charge is 0.384 e. The highest BCUT2D eigenvalue weighted by molar-refractivity contribution is 5.91. The number of rotatable bonds is 4. The Balaban J connectivity index is 3.58. The Morgan fingerprint density at radius 1 is 1.70 bits per heavy atom. The number of amides is 1. The number of ether oxygens (including phenoxy) is 1. The molecule has 58 valence electrons. The second-order valence-electron chi connectivity index (χ2n) is 2.03. The Hall–Kier alpha value is -0.830. The molecule has 3 nitrogen and oxygen atoms in total. The normalized spacial score (nSPS) is 11.6. The van der Waals surface area contributed by atoms with Crippen molar-refractivity contribution < 1.29 is 9.53 Å². The van der Waals surface area contributed by atoms with E-state index in [4.69, 9.17) is 10.5 Å². The molecule has 0 aromatic carbocycles. The van der Waals surface area contributed by atoms with Crippen LogP contribution in [0.4, 0.5) is 0 Å². The van der Waals surface area contributed by atoms with Crippen molar-refractivity contribution in [3.8, 4) is 0 Å². The number of methoxy groups -OCH3 is 1. The summed E-state index contributed by atoms with van der Waals surface area (Å²) in [5.74, 6) is -0.365. The van der Waals surface area contributed by atoms with Crippen LogP contribution in [0, 0.1) is 0 Å². The third-order valence-corrected chi connectivity index (χ3v) is 1.16. The second kappa shape index (κ2) is 4.99. The monoisotopic (exact) mass is 143 g/mol. The van der Waals surface area contributed by atoms with Gasteiger partial charge in [0.2, 0.25) is 5.91 Å². The lowest BCUT2D eigenvalue weighted by molar-refractivity contribution is -0.114. The second-order valence-corrected chi connectivity index (χ2v) is 2.03. The van der Waals surface area contributed by atoms with Crippen LogP contribution in [0.5, 0.6) is 0 Å². The molecule has 1 amide bonds. The van der Waals surface area contributed by atoms with Crippen LogP contribution in [-0.4, -0.2) is 19.6 Å². The topological polar surface area (TPSA) is 52.3 Å². The molecular formula is C7H13NO2. The summed E-state index contributed by atoms with van der Waals surface area (Å²) in [7, 11) is 1.62.